The van der Waals surface area contributed by atoms with Crippen LogP contribution in [0.15, 0.2) is 48.5 Å². The van der Waals surface area contributed by atoms with Crippen LogP contribution in [0.2, 0.25) is 0 Å². The highest BCUT2D eigenvalue weighted by Gasteiger charge is 2.31. The van der Waals surface area contributed by atoms with E-state index in [9.17, 15) is 0 Å². The number of rotatable bonds is 18. The molecule has 0 aliphatic heterocycles. The number of ether oxygens (including phenoxy) is 13. The molecular weight excluding hydrogens is 664 g/mol. The molecule has 0 aliphatic carbocycles. The van der Waals surface area contributed by atoms with Gasteiger partial charge in [-0.1, -0.05) is 0 Å². The third-order valence-corrected chi connectivity index (χ3v) is 8.23. The Balaban J connectivity index is 2.13. The average Bonchev–Trinajstić information content (AvgIpc) is 3.18. The van der Waals surface area contributed by atoms with E-state index in [0.717, 1.165) is 0 Å². The van der Waals surface area contributed by atoms with Gasteiger partial charge in [-0.25, -0.2) is 0 Å². The van der Waals surface area contributed by atoms with Crippen molar-refractivity contribution in [2.24, 2.45) is 0 Å². The predicted octanol–water partition coefficient (Wildman–Crippen LogP) is 6.69. The molecule has 0 spiro atoms. The molecule has 0 fully saturated rings. The summed E-state index contributed by atoms with van der Waals surface area (Å²) in [4.78, 5) is 0. The second kappa shape index (κ2) is 17.4. The lowest BCUT2D eigenvalue weighted by atomic mass is 9.96. The highest BCUT2D eigenvalue weighted by Crippen LogP contribution is 2.50. The molecule has 276 valence electrons. The molecule has 0 saturated carbocycles. The Morgan fingerprint density at radius 3 is 0.529 bits per heavy atom. The molecule has 4 aromatic rings. The van der Waals surface area contributed by atoms with Gasteiger partial charge in [0.1, 0.15) is 12.2 Å². The fourth-order valence-corrected chi connectivity index (χ4v) is 5.85. The third-order valence-electron chi connectivity index (χ3n) is 8.23. The Morgan fingerprint density at radius 2 is 0.412 bits per heavy atom. The summed E-state index contributed by atoms with van der Waals surface area (Å²) >= 11 is 0. The van der Waals surface area contributed by atoms with Gasteiger partial charge in [0.05, 0.1) is 85.3 Å². The molecule has 51 heavy (non-hydrogen) atoms. The molecule has 0 radical (unpaired) electrons. The van der Waals surface area contributed by atoms with Crippen molar-refractivity contribution in [3.8, 4) is 69.0 Å². The summed E-state index contributed by atoms with van der Waals surface area (Å²) in [5.74, 6) is 5.03. The first-order valence-electron chi connectivity index (χ1n) is 15.6. The van der Waals surface area contributed by atoms with E-state index in [1.54, 1.807) is 56.9 Å². The number of hydrogen-bond donors (Lipinski definition) is 0. The fourth-order valence-electron chi connectivity index (χ4n) is 5.85. The van der Waals surface area contributed by atoms with E-state index >= 15 is 0 Å². The Hall–Kier alpha value is -5.56. The maximum Gasteiger partial charge on any atom is 0.203 e. The van der Waals surface area contributed by atoms with Crippen molar-refractivity contribution in [1.82, 2.24) is 0 Å². The average molecular weight is 711 g/mol. The van der Waals surface area contributed by atoms with Gasteiger partial charge < -0.3 is 61.6 Å². The summed E-state index contributed by atoms with van der Waals surface area (Å²) in [6, 6.07) is 14.5. The normalized spacial score (nSPS) is 10.8. The van der Waals surface area contributed by atoms with Crippen LogP contribution in [0.5, 0.6) is 69.0 Å². The monoisotopic (exact) mass is 710 g/mol. The van der Waals surface area contributed by atoms with Gasteiger partial charge in [0.25, 0.3) is 0 Å². The first kappa shape index (κ1) is 38.2. The second-order valence-electron chi connectivity index (χ2n) is 10.7. The molecule has 13 nitrogen and oxygen atoms in total. The summed E-state index contributed by atoms with van der Waals surface area (Å²) in [6.45, 7) is 0. The quantitative estimate of drug-likeness (QED) is 0.109. The molecule has 0 aliphatic rings. The van der Waals surface area contributed by atoms with Crippen molar-refractivity contribution < 1.29 is 61.6 Å². The lowest BCUT2D eigenvalue weighted by Gasteiger charge is -2.29. The van der Waals surface area contributed by atoms with Crippen molar-refractivity contribution in [2.75, 3.05) is 85.3 Å². The van der Waals surface area contributed by atoms with E-state index in [-0.39, 0.29) is 0 Å². The fraction of sp³-hybridized carbons (Fsp3) is 0.368. The summed E-state index contributed by atoms with van der Waals surface area (Å²) in [7, 11) is 18.5. The van der Waals surface area contributed by atoms with Crippen LogP contribution in [-0.4, -0.2) is 85.3 Å². The Bertz CT molecular complexity index is 1430. The highest BCUT2D eigenvalue weighted by atomic mass is 16.6. The van der Waals surface area contributed by atoms with Gasteiger partial charge in [-0.05, 0) is 70.8 Å². The van der Waals surface area contributed by atoms with Crippen LogP contribution in [0.4, 0.5) is 0 Å². The van der Waals surface area contributed by atoms with Crippen molar-refractivity contribution in [2.45, 2.75) is 12.2 Å². The van der Waals surface area contributed by atoms with E-state index in [1.165, 1.54) is 28.4 Å². The van der Waals surface area contributed by atoms with Crippen LogP contribution in [-0.2, 0) is 4.74 Å². The molecule has 0 N–H and O–H groups in total. The maximum atomic E-state index is 7.28. The summed E-state index contributed by atoms with van der Waals surface area (Å²) in [5, 5.41) is 0. The standard InChI is InChI=1S/C38H46O13/c1-39-25-13-21(14-26(40-2)35(25)47-9)33(22-15-27(41-3)36(48-10)28(16-22)42-4)51-34(23-17-29(43-5)37(49-11)30(18-23)44-6)24-19-31(45-7)38(50-12)32(20-24)46-8/h13-20,33-34H,1-12H3. The Morgan fingerprint density at radius 1 is 0.255 bits per heavy atom. The maximum absolute atomic E-state index is 7.28. The molecule has 0 aromatic heterocycles. The summed E-state index contributed by atoms with van der Waals surface area (Å²) in [6.07, 6.45) is -1.70. The molecule has 0 heterocycles. The van der Waals surface area contributed by atoms with Crippen molar-refractivity contribution >= 4 is 0 Å². The van der Waals surface area contributed by atoms with Crippen LogP contribution in [0, 0.1) is 0 Å². The molecule has 0 atom stereocenters. The van der Waals surface area contributed by atoms with E-state index in [0.29, 0.717) is 91.2 Å². The molecule has 13 heteroatoms. The lowest BCUT2D eigenvalue weighted by Crippen LogP contribution is -2.15. The largest absolute Gasteiger partial charge is 0.493 e. The third kappa shape index (κ3) is 7.63. The molecule has 0 saturated heterocycles. The number of hydrogen-bond acceptors (Lipinski definition) is 13. The van der Waals surface area contributed by atoms with Gasteiger partial charge >= 0.3 is 0 Å². The van der Waals surface area contributed by atoms with E-state index in [2.05, 4.69) is 0 Å². The second-order valence-corrected chi connectivity index (χ2v) is 10.7. The molecule has 0 unspecified atom stereocenters. The molecule has 0 amide bonds. The minimum absolute atomic E-state index is 0.415. The molecule has 4 aromatic carbocycles. The smallest absolute Gasteiger partial charge is 0.203 e. The van der Waals surface area contributed by atoms with Crippen LogP contribution < -0.4 is 56.8 Å². The van der Waals surface area contributed by atoms with Crippen molar-refractivity contribution in [3.05, 3.63) is 70.8 Å². The van der Waals surface area contributed by atoms with Crippen LogP contribution in [0.25, 0.3) is 0 Å². The lowest BCUT2D eigenvalue weighted by molar-refractivity contribution is 0.0298. The number of methoxy groups -OCH3 is 12. The molecule has 4 rings (SSSR count). The molecular formula is C38H46O13. The SMILES string of the molecule is COc1cc(C(OC(c2cc(OC)c(OC)c(OC)c2)c2cc(OC)c(OC)c(OC)c2)c2cc(OC)c(OC)c(OC)c2)cc(OC)c1OC. The van der Waals surface area contributed by atoms with Gasteiger partial charge in [-0.2, -0.15) is 0 Å². The summed E-state index contributed by atoms with van der Waals surface area (Å²) < 4.78 is 75.9. The van der Waals surface area contributed by atoms with Crippen molar-refractivity contribution in [1.29, 1.82) is 0 Å². The van der Waals surface area contributed by atoms with Crippen LogP contribution in [0.3, 0.4) is 0 Å². The molecule has 0 bridgehead atoms. The van der Waals surface area contributed by atoms with Crippen molar-refractivity contribution in [3.63, 3.8) is 0 Å². The van der Waals surface area contributed by atoms with Gasteiger partial charge in [0, 0.05) is 0 Å². The van der Waals surface area contributed by atoms with Gasteiger partial charge in [0.2, 0.25) is 23.0 Å². The number of benzene rings is 4. The predicted molar refractivity (Wildman–Crippen MR) is 189 cm³/mol. The summed E-state index contributed by atoms with van der Waals surface area (Å²) in [5.41, 5.74) is 2.57. The Labute approximate surface area is 298 Å². The zero-order valence-electron chi connectivity index (χ0n) is 31.1. The first-order valence-corrected chi connectivity index (χ1v) is 15.6. The minimum Gasteiger partial charge on any atom is -0.493 e. The highest BCUT2D eigenvalue weighted by molar-refractivity contribution is 5.60. The van der Waals surface area contributed by atoms with E-state index < -0.39 is 12.2 Å². The Kier molecular flexibility index (Phi) is 13.0. The zero-order valence-corrected chi connectivity index (χ0v) is 31.1. The first-order chi connectivity index (χ1) is 24.7. The van der Waals surface area contributed by atoms with E-state index in [1.807, 2.05) is 48.5 Å². The minimum atomic E-state index is -0.851. The van der Waals surface area contributed by atoms with Crippen LogP contribution >= 0.6 is 0 Å². The van der Waals surface area contributed by atoms with Gasteiger partial charge in [0.15, 0.2) is 46.0 Å². The van der Waals surface area contributed by atoms with Gasteiger partial charge in [-0.3, -0.25) is 0 Å². The zero-order chi connectivity index (χ0) is 37.2. The topological polar surface area (TPSA) is 120 Å². The van der Waals surface area contributed by atoms with E-state index in [4.69, 9.17) is 61.6 Å². The van der Waals surface area contributed by atoms with Gasteiger partial charge in [-0.15, -0.1) is 0 Å². The van der Waals surface area contributed by atoms with Crippen LogP contribution in [0.1, 0.15) is 34.5 Å².